The lowest BCUT2D eigenvalue weighted by atomic mass is 9.68. The zero-order valence-corrected chi connectivity index (χ0v) is 27.1. The quantitative estimate of drug-likeness (QED) is 0.432. The number of rotatable bonds is 3. The highest BCUT2D eigenvalue weighted by Crippen LogP contribution is 2.47. The summed E-state index contributed by atoms with van der Waals surface area (Å²) in [5, 5.41) is 9.89. The van der Waals surface area contributed by atoms with Crippen LogP contribution in [0.4, 0.5) is 5.69 Å². The number of nitrogens with one attached hydrogen (secondary N) is 1. The fraction of sp³-hybridized carbons (Fsp3) is 0.559. The monoisotopic (exact) mass is 642 g/mol. The van der Waals surface area contributed by atoms with Gasteiger partial charge in [0.05, 0.1) is 29.8 Å². The van der Waals surface area contributed by atoms with E-state index in [9.17, 15) is 18.3 Å². The molecule has 2 aliphatic heterocycles. The molecule has 2 N–H and O–H groups in total. The van der Waals surface area contributed by atoms with E-state index in [0.29, 0.717) is 37.2 Å². The fourth-order valence-electron chi connectivity index (χ4n) is 7.75. The molecule has 238 valence electrons. The molecule has 4 aliphatic rings. The molecule has 10 heteroatoms. The number of aliphatic hydroxyl groups excluding tert-OH is 1. The molecule has 6 atom stereocenters. The number of fused-ring (bicyclic) bond motifs is 4. The second-order valence-electron chi connectivity index (χ2n) is 13.2. The minimum absolute atomic E-state index is 0.0371. The average molecular weight is 643 g/mol. The Morgan fingerprint density at radius 2 is 2.05 bits per heavy atom. The molecular formula is C34H43ClN2O6S. The summed E-state index contributed by atoms with van der Waals surface area (Å²) < 4.78 is 41.7. The lowest BCUT2D eigenvalue weighted by Gasteiger charge is -2.46. The Labute approximate surface area is 265 Å². The van der Waals surface area contributed by atoms with Crippen LogP contribution < -0.4 is 14.4 Å². The molecule has 1 fully saturated rings. The van der Waals surface area contributed by atoms with Crippen LogP contribution in [0.1, 0.15) is 73.4 Å². The second-order valence-corrected chi connectivity index (χ2v) is 15.6. The van der Waals surface area contributed by atoms with Crippen molar-refractivity contribution in [3.05, 3.63) is 70.3 Å². The molecule has 2 aliphatic carbocycles. The molecule has 0 aromatic heterocycles. The summed E-state index contributed by atoms with van der Waals surface area (Å²) >= 11 is 6.41. The van der Waals surface area contributed by atoms with E-state index < -0.39 is 27.3 Å². The highest BCUT2D eigenvalue weighted by Gasteiger charge is 2.44. The topological polar surface area (TPSA) is 105 Å². The van der Waals surface area contributed by atoms with Gasteiger partial charge in [-0.2, -0.15) is 0 Å². The lowest BCUT2D eigenvalue weighted by Crippen LogP contribution is -2.49. The molecule has 44 heavy (non-hydrogen) atoms. The van der Waals surface area contributed by atoms with Crippen LogP contribution in [-0.2, 0) is 26.6 Å². The van der Waals surface area contributed by atoms with Gasteiger partial charge in [0.15, 0.2) is 0 Å². The van der Waals surface area contributed by atoms with Crippen molar-refractivity contribution in [3.8, 4) is 5.75 Å². The molecule has 0 radical (unpaired) electrons. The number of carbonyl (C=O) groups is 1. The van der Waals surface area contributed by atoms with Crippen LogP contribution in [0.3, 0.4) is 0 Å². The predicted molar refractivity (Wildman–Crippen MR) is 172 cm³/mol. The molecule has 2 heterocycles. The van der Waals surface area contributed by atoms with Gasteiger partial charge in [0, 0.05) is 36.2 Å². The van der Waals surface area contributed by atoms with Crippen LogP contribution in [0.25, 0.3) is 0 Å². The molecule has 2 bridgehead atoms. The molecule has 2 aromatic rings. The van der Waals surface area contributed by atoms with Crippen LogP contribution >= 0.6 is 11.6 Å². The van der Waals surface area contributed by atoms with E-state index in [1.54, 1.807) is 32.2 Å². The Balaban J connectivity index is 1.41. The number of carbonyl (C=O) groups excluding carboxylic acids is 1. The number of nitrogens with zero attached hydrogens (tertiary/aromatic N) is 1. The van der Waals surface area contributed by atoms with Gasteiger partial charge in [-0.05, 0) is 112 Å². The van der Waals surface area contributed by atoms with Crippen LogP contribution in [0.15, 0.2) is 48.6 Å². The summed E-state index contributed by atoms with van der Waals surface area (Å²) in [6.07, 6.45) is 9.09. The van der Waals surface area contributed by atoms with Crippen LogP contribution in [0.2, 0.25) is 5.02 Å². The van der Waals surface area contributed by atoms with Crippen LogP contribution in [0.5, 0.6) is 5.75 Å². The highest BCUT2D eigenvalue weighted by atomic mass is 35.5. The van der Waals surface area contributed by atoms with Crippen molar-refractivity contribution in [1.29, 1.82) is 0 Å². The van der Waals surface area contributed by atoms with Crippen molar-refractivity contribution >= 4 is 33.2 Å². The summed E-state index contributed by atoms with van der Waals surface area (Å²) in [5.74, 6) is 0.723. The Kier molecular flexibility index (Phi) is 9.03. The second kappa shape index (κ2) is 12.7. The zero-order chi connectivity index (χ0) is 31.1. The molecule has 0 saturated heterocycles. The van der Waals surface area contributed by atoms with E-state index in [2.05, 4.69) is 27.8 Å². The third kappa shape index (κ3) is 6.26. The standard InChI is InChI=1S/C34H43ClN2O6S/c1-22(38)16-27-7-3-4-8-31(42-2)28-12-9-25(28)19-37-20-34(15-5-6-23-17-26(35)11-13-29(23)34)21-43-32-14-10-24(18-30(32)37)33(39)36-44(27,40)41/h4,8,10-11,13-14,17-18,22,25,27-28,31,38H,3,5-7,9,12,15-16,19-21H2,1-2H3,(H,36,39)/b8-4-/t22-,25+,27+,28-,31+,34+/m1/s1. The smallest absolute Gasteiger partial charge is 0.264 e. The van der Waals surface area contributed by atoms with Crippen molar-refractivity contribution in [2.24, 2.45) is 11.8 Å². The molecule has 2 aromatic carbocycles. The minimum atomic E-state index is -4.05. The first-order valence-corrected chi connectivity index (χ1v) is 17.8. The van der Waals surface area contributed by atoms with Gasteiger partial charge in [0.1, 0.15) is 5.75 Å². The van der Waals surface area contributed by atoms with Crippen LogP contribution in [-0.4, -0.2) is 63.7 Å². The number of ether oxygens (including phenoxy) is 2. The van der Waals surface area contributed by atoms with Gasteiger partial charge in [-0.15, -0.1) is 0 Å². The number of hydrogen-bond acceptors (Lipinski definition) is 7. The number of aliphatic hydroxyl groups is 1. The number of hydrogen-bond donors (Lipinski definition) is 2. The van der Waals surface area contributed by atoms with Gasteiger partial charge in [0.2, 0.25) is 10.0 Å². The van der Waals surface area contributed by atoms with Crippen molar-refractivity contribution < 1.29 is 27.8 Å². The number of sulfonamides is 1. The number of benzene rings is 2. The summed E-state index contributed by atoms with van der Waals surface area (Å²) in [7, 11) is -2.32. The number of anilines is 1. The molecule has 6 rings (SSSR count). The molecule has 1 saturated carbocycles. The van der Waals surface area contributed by atoms with E-state index in [4.69, 9.17) is 21.1 Å². The number of amides is 1. The molecule has 1 spiro atoms. The summed E-state index contributed by atoms with van der Waals surface area (Å²) in [4.78, 5) is 15.8. The van der Waals surface area contributed by atoms with Crippen molar-refractivity contribution in [3.63, 3.8) is 0 Å². The van der Waals surface area contributed by atoms with Gasteiger partial charge in [-0.1, -0.05) is 29.8 Å². The first-order chi connectivity index (χ1) is 21.1. The zero-order valence-electron chi connectivity index (χ0n) is 25.5. The summed E-state index contributed by atoms with van der Waals surface area (Å²) in [6.45, 7) is 3.56. The maximum absolute atomic E-state index is 13.5. The Morgan fingerprint density at radius 1 is 1.20 bits per heavy atom. The number of aryl methyl sites for hydroxylation is 1. The molecule has 0 unspecified atom stereocenters. The summed E-state index contributed by atoms with van der Waals surface area (Å²) in [6, 6.07) is 11.4. The van der Waals surface area contributed by atoms with E-state index in [1.165, 1.54) is 11.1 Å². The van der Waals surface area contributed by atoms with E-state index in [1.807, 2.05) is 12.1 Å². The Bertz CT molecular complexity index is 1530. The molecule has 8 nitrogen and oxygen atoms in total. The maximum atomic E-state index is 13.5. The largest absolute Gasteiger partial charge is 0.490 e. The first kappa shape index (κ1) is 31.4. The van der Waals surface area contributed by atoms with Gasteiger partial charge >= 0.3 is 0 Å². The normalized spacial score (nSPS) is 31.4. The van der Waals surface area contributed by atoms with Crippen LogP contribution in [0, 0.1) is 11.8 Å². The highest BCUT2D eigenvalue weighted by molar-refractivity contribution is 7.90. The SMILES string of the molecule is CO[C@H]1/C=C\CC[C@@H](C[C@@H](C)O)S(=O)(=O)NC(=O)c2ccc3c(c2)N(C[C@@H]2CC[C@H]21)C[C@@]1(CCCc2cc(Cl)ccc21)CO3. The third-order valence-corrected chi connectivity index (χ3v) is 12.2. The number of halogens is 1. The van der Waals surface area contributed by atoms with Gasteiger partial charge in [-0.25, -0.2) is 13.1 Å². The Hall–Kier alpha value is -2.59. The van der Waals surface area contributed by atoms with Crippen molar-refractivity contribution in [2.45, 2.75) is 81.2 Å². The minimum Gasteiger partial charge on any atom is -0.490 e. The third-order valence-electron chi connectivity index (χ3n) is 10.2. The summed E-state index contributed by atoms with van der Waals surface area (Å²) in [5.41, 5.74) is 3.34. The first-order valence-electron chi connectivity index (χ1n) is 15.8. The van der Waals surface area contributed by atoms with Crippen molar-refractivity contribution in [1.82, 2.24) is 4.72 Å². The lowest BCUT2D eigenvalue weighted by molar-refractivity contribution is 0.0131. The fourth-order valence-corrected chi connectivity index (χ4v) is 9.47. The van der Waals surface area contributed by atoms with E-state index in [0.717, 1.165) is 49.4 Å². The Morgan fingerprint density at radius 3 is 2.80 bits per heavy atom. The predicted octanol–water partition coefficient (Wildman–Crippen LogP) is 5.40. The number of methoxy groups -OCH3 is 1. The maximum Gasteiger partial charge on any atom is 0.264 e. The van der Waals surface area contributed by atoms with Gasteiger partial charge in [-0.3, -0.25) is 4.79 Å². The van der Waals surface area contributed by atoms with Gasteiger partial charge < -0.3 is 19.5 Å². The molecular weight excluding hydrogens is 600 g/mol. The average Bonchev–Trinajstić information content (AvgIpc) is 3.12. The number of allylic oxidation sites excluding steroid dienone is 1. The van der Waals surface area contributed by atoms with Crippen molar-refractivity contribution in [2.75, 3.05) is 31.7 Å². The van der Waals surface area contributed by atoms with Gasteiger partial charge in [0.25, 0.3) is 5.91 Å². The van der Waals surface area contributed by atoms with E-state index in [-0.39, 0.29) is 29.9 Å². The van der Waals surface area contributed by atoms with E-state index >= 15 is 0 Å². The molecule has 1 amide bonds.